The van der Waals surface area contributed by atoms with E-state index in [2.05, 4.69) is 10.5 Å². The van der Waals surface area contributed by atoms with Gasteiger partial charge in [0.05, 0.1) is 16.7 Å². The number of alkyl halides is 3. The van der Waals surface area contributed by atoms with Crippen LogP contribution in [0.15, 0.2) is 35.4 Å². The van der Waals surface area contributed by atoms with E-state index in [0.29, 0.717) is 6.07 Å². The van der Waals surface area contributed by atoms with Gasteiger partial charge in [0.15, 0.2) is 0 Å². The van der Waals surface area contributed by atoms with E-state index in [-0.39, 0.29) is 5.69 Å². The van der Waals surface area contributed by atoms with Crippen molar-refractivity contribution >= 4 is 17.6 Å². The first kappa shape index (κ1) is 18.4. The van der Waals surface area contributed by atoms with E-state index in [4.69, 9.17) is 0 Å². The molecule has 0 spiro atoms. The molecule has 0 aliphatic carbocycles. The van der Waals surface area contributed by atoms with Crippen molar-refractivity contribution in [2.45, 2.75) is 26.9 Å². The first-order valence-electron chi connectivity index (χ1n) is 7.32. The second-order valence-corrected chi connectivity index (χ2v) is 5.67. The lowest BCUT2D eigenvalue weighted by atomic mass is 10.0. The molecule has 2 aromatic carbocycles. The summed E-state index contributed by atoms with van der Waals surface area (Å²) >= 11 is 0. The van der Waals surface area contributed by atoms with Gasteiger partial charge in [0.25, 0.3) is 5.69 Å². The molecule has 0 bridgehead atoms. The topological polar surface area (TPSA) is 67.5 Å². The molecule has 25 heavy (non-hydrogen) atoms. The Hall–Kier alpha value is -2.90. The summed E-state index contributed by atoms with van der Waals surface area (Å²) in [6.45, 7) is 5.77. The van der Waals surface area contributed by atoms with Gasteiger partial charge in [0, 0.05) is 11.6 Å². The number of nitro groups is 1. The lowest BCUT2D eigenvalue weighted by molar-refractivity contribution is -0.384. The minimum absolute atomic E-state index is 0.114. The van der Waals surface area contributed by atoms with Crippen molar-refractivity contribution < 1.29 is 18.1 Å². The molecule has 1 N–H and O–H groups in total. The molecule has 0 radical (unpaired) electrons. The highest BCUT2D eigenvalue weighted by molar-refractivity contribution is 5.84. The Balaban J connectivity index is 2.31. The van der Waals surface area contributed by atoms with E-state index < -0.39 is 22.4 Å². The quantitative estimate of drug-likeness (QED) is 0.480. The van der Waals surface area contributed by atoms with Gasteiger partial charge in [-0.05, 0) is 44.0 Å². The van der Waals surface area contributed by atoms with Gasteiger partial charge in [0.1, 0.15) is 5.69 Å². The fourth-order valence-corrected chi connectivity index (χ4v) is 2.51. The average Bonchev–Trinajstić information content (AvgIpc) is 2.48. The molecular weight excluding hydrogens is 335 g/mol. The maximum atomic E-state index is 12.7. The number of rotatable bonds is 4. The number of nitrogens with one attached hydrogen (secondary N) is 1. The van der Waals surface area contributed by atoms with Gasteiger partial charge in [-0.2, -0.15) is 18.3 Å². The Morgan fingerprint density at radius 2 is 1.72 bits per heavy atom. The van der Waals surface area contributed by atoms with Gasteiger partial charge in [0.2, 0.25) is 0 Å². The normalized spacial score (nSPS) is 11.8. The molecule has 8 heteroatoms. The average molecular weight is 351 g/mol. The minimum Gasteiger partial charge on any atom is -0.272 e. The van der Waals surface area contributed by atoms with E-state index in [1.54, 1.807) is 0 Å². The van der Waals surface area contributed by atoms with Crippen LogP contribution >= 0.6 is 0 Å². The van der Waals surface area contributed by atoms with Crippen LogP contribution in [0.2, 0.25) is 0 Å². The Morgan fingerprint density at radius 3 is 2.24 bits per heavy atom. The van der Waals surface area contributed by atoms with Crippen LogP contribution in [-0.4, -0.2) is 11.1 Å². The number of benzene rings is 2. The minimum atomic E-state index is -4.65. The van der Waals surface area contributed by atoms with Crippen LogP contribution in [0, 0.1) is 30.9 Å². The van der Waals surface area contributed by atoms with Crippen LogP contribution in [0.4, 0.5) is 24.5 Å². The predicted octanol–water partition coefficient (Wildman–Crippen LogP) is 4.98. The fourth-order valence-electron chi connectivity index (χ4n) is 2.51. The molecular formula is C17H16F3N3O2. The molecule has 0 heterocycles. The number of hydrogen-bond acceptors (Lipinski definition) is 4. The molecule has 0 amide bonds. The molecule has 2 aromatic rings. The molecule has 0 aliphatic heterocycles. The second kappa shape index (κ2) is 6.92. The monoisotopic (exact) mass is 351 g/mol. The smallest absolute Gasteiger partial charge is 0.272 e. The summed E-state index contributed by atoms with van der Waals surface area (Å²) in [6.07, 6.45) is -3.16. The lowest BCUT2D eigenvalue weighted by Crippen LogP contribution is -2.06. The molecule has 2 rings (SSSR count). The van der Waals surface area contributed by atoms with Crippen molar-refractivity contribution in [3.8, 4) is 0 Å². The molecule has 0 aromatic heterocycles. The third-order valence-corrected chi connectivity index (χ3v) is 3.64. The predicted molar refractivity (Wildman–Crippen MR) is 90.0 cm³/mol. The molecule has 0 fully saturated rings. The third-order valence-electron chi connectivity index (χ3n) is 3.64. The number of hydrogen-bond donors (Lipinski definition) is 1. The molecule has 5 nitrogen and oxygen atoms in total. The largest absolute Gasteiger partial charge is 0.416 e. The van der Waals surface area contributed by atoms with E-state index in [1.807, 2.05) is 32.9 Å². The summed E-state index contributed by atoms with van der Waals surface area (Å²) in [5, 5.41) is 15.0. The van der Waals surface area contributed by atoms with Crippen LogP contribution in [0.25, 0.3) is 0 Å². The van der Waals surface area contributed by atoms with Gasteiger partial charge in [-0.3, -0.25) is 15.5 Å². The van der Waals surface area contributed by atoms with E-state index in [9.17, 15) is 23.3 Å². The number of halogens is 3. The van der Waals surface area contributed by atoms with Crippen molar-refractivity contribution in [1.82, 2.24) is 0 Å². The van der Waals surface area contributed by atoms with Crippen molar-refractivity contribution in [2.75, 3.05) is 5.43 Å². The van der Waals surface area contributed by atoms with Crippen LogP contribution < -0.4 is 5.43 Å². The number of nitro benzene ring substituents is 1. The Kier molecular flexibility index (Phi) is 5.10. The fraction of sp³-hybridized carbons (Fsp3) is 0.235. The number of anilines is 1. The highest BCUT2D eigenvalue weighted by Crippen LogP contribution is 2.34. The summed E-state index contributed by atoms with van der Waals surface area (Å²) < 4.78 is 38.1. The molecule has 0 unspecified atom stereocenters. The van der Waals surface area contributed by atoms with Crippen molar-refractivity contribution in [2.24, 2.45) is 5.10 Å². The number of nitrogens with zero attached hydrogens (tertiary/aromatic N) is 2. The first-order chi connectivity index (χ1) is 11.6. The Morgan fingerprint density at radius 1 is 1.12 bits per heavy atom. The summed E-state index contributed by atoms with van der Waals surface area (Å²) in [6, 6.07) is 6.18. The maximum Gasteiger partial charge on any atom is 0.416 e. The van der Waals surface area contributed by atoms with Crippen molar-refractivity contribution in [1.29, 1.82) is 0 Å². The highest BCUT2D eigenvalue weighted by Gasteiger charge is 2.33. The zero-order valence-electron chi connectivity index (χ0n) is 13.8. The van der Waals surface area contributed by atoms with E-state index in [1.165, 1.54) is 6.21 Å². The Bertz CT molecular complexity index is 823. The van der Waals surface area contributed by atoms with Gasteiger partial charge in [-0.25, -0.2) is 0 Å². The van der Waals surface area contributed by atoms with Crippen LogP contribution in [-0.2, 0) is 6.18 Å². The van der Waals surface area contributed by atoms with Crippen molar-refractivity contribution in [3.05, 3.63) is 68.3 Å². The number of aryl methyl sites for hydroxylation is 3. The number of hydrazone groups is 1. The summed E-state index contributed by atoms with van der Waals surface area (Å²) in [5.74, 6) is 0. The maximum absolute atomic E-state index is 12.7. The summed E-state index contributed by atoms with van der Waals surface area (Å²) in [5.41, 5.74) is 4.45. The van der Waals surface area contributed by atoms with Gasteiger partial charge in [-0.1, -0.05) is 17.7 Å². The van der Waals surface area contributed by atoms with Gasteiger partial charge >= 0.3 is 6.18 Å². The Labute approximate surface area is 142 Å². The lowest BCUT2D eigenvalue weighted by Gasteiger charge is -2.09. The zero-order valence-corrected chi connectivity index (χ0v) is 13.8. The molecule has 132 valence electrons. The van der Waals surface area contributed by atoms with Crippen LogP contribution in [0.5, 0.6) is 0 Å². The molecule has 0 saturated heterocycles. The van der Waals surface area contributed by atoms with Gasteiger partial charge < -0.3 is 0 Å². The van der Waals surface area contributed by atoms with Crippen molar-refractivity contribution in [3.63, 3.8) is 0 Å². The first-order valence-corrected chi connectivity index (χ1v) is 7.32. The van der Waals surface area contributed by atoms with Crippen LogP contribution in [0.1, 0.15) is 27.8 Å². The standard InChI is InChI=1S/C17H16F3N3O2/c1-10-6-11(2)14(12(3)7-10)9-21-22-15-5-4-13(17(18,19)20)8-16(15)23(24)25/h4-9,22H,1-3H3/b21-9-. The second-order valence-electron chi connectivity index (χ2n) is 5.67. The molecule has 0 atom stereocenters. The highest BCUT2D eigenvalue weighted by atomic mass is 19.4. The van der Waals surface area contributed by atoms with E-state index in [0.717, 1.165) is 34.4 Å². The molecule has 0 saturated carbocycles. The molecule has 0 aliphatic rings. The van der Waals surface area contributed by atoms with Gasteiger partial charge in [-0.15, -0.1) is 0 Å². The summed E-state index contributed by atoms with van der Waals surface area (Å²) in [4.78, 5) is 10.1. The van der Waals surface area contributed by atoms with E-state index >= 15 is 0 Å². The SMILES string of the molecule is Cc1cc(C)c(/C=N\Nc2ccc(C(F)(F)F)cc2[N+](=O)[O-])c(C)c1. The van der Waals surface area contributed by atoms with Crippen LogP contribution in [0.3, 0.4) is 0 Å². The third kappa shape index (κ3) is 4.34. The summed E-state index contributed by atoms with van der Waals surface area (Å²) in [7, 11) is 0. The zero-order chi connectivity index (χ0) is 18.8.